The van der Waals surface area contributed by atoms with Gasteiger partial charge < -0.3 is 30.0 Å². The summed E-state index contributed by atoms with van der Waals surface area (Å²) >= 11 is 0. The molecule has 0 spiro atoms. The number of nitrogens with zero attached hydrogens (tertiary/aromatic N) is 1. The number of nitrogens with two attached hydrogens (primary N) is 1. The number of aromatic nitrogens is 1. The maximum Gasteiger partial charge on any atom is 0.573 e. The van der Waals surface area contributed by atoms with Gasteiger partial charge in [-0.05, 0) is 42.8 Å². The van der Waals surface area contributed by atoms with Gasteiger partial charge in [-0.1, -0.05) is 0 Å². The highest BCUT2D eigenvalue weighted by molar-refractivity contribution is 6.58. The minimum absolute atomic E-state index is 0.155. The molecule has 9 nitrogen and oxygen atoms in total. The van der Waals surface area contributed by atoms with Crippen LogP contribution in [0.25, 0.3) is 0 Å². The summed E-state index contributed by atoms with van der Waals surface area (Å²) in [6.07, 6.45) is -9.57. The predicted octanol–water partition coefficient (Wildman–Crippen LogP) is 2.50. The number of anilines is 1. The summed E-state index contributed by atoms with van der Waals surface area (Å²) in [7, 11) is 4.19. The third-order valence-electron chi connectivity index (χ3n) is 5.00. The fourth-order valence-electron chi connectivity index (χ4n) is 3.34. The standard InChI is InChI=1S/C23H18B3F8N3O6/c1-8-7-36-10(19(35)38)6-9(8)37-20(39)15-11(2-3-12(16(15)27)41-22(29,30)31)40-14-5-4-13(42-23(32,33)34)17(28)18(14)43-21(24,25)26/h2-7H,24-26H2,1H3,(H2,35,38)(H,36,37,39). The lowest BCUT2D eigenvalue weighted by molar-refractivity contribution is -0.276. The van der Waals surface area contributed by atoms with E-state index in [9.17, 15) is 35.9 Å². The molecule has 2 aromatic carbocycles. The number of carbonyl (C=O) groups is 2. The maximum absolute atomic E-state index is 15.4. The van der Waals surface area contributed by atoms with Crippen LogP contribution < -0.4 is 30.0 Å². The van der Waals surface area contributed by atoms with E-state index in [-0.39, 0.29) is 16.9 Å². The van der Waals surface area contributed by atoms with Crippen molar-refractivity contribution in [2.75, 3.05) is 5.32 Å². The van der Waals surface area contributed by atoms with Crippen LogP contribution in [0.2, 0.25) is 0 Å². The Kier molecular flexibility index (Phi) is 9.12. The van der Waals surface area contributed by atoms with E-state index < -0.39 is 75.8 Å². The van der Waals surface area contributed by atoms with Gasteiger partial charge in [0.25, 0.3) is 11.8 Å². The van der Waals surface area contributed by atoms with E-state index in [1.54, 1.807) is 0 Å². The monoisotopic (exact) mass is 617 g/mol. The average molecular weight is 617 g/mol. The number of halogens is 8. The van der Waals surface area contributed by atoms with E-state index in [0.29, 0.717) is 18.2 Å². The largest absolute Gasteiger partial charge is 0.573 e. The molecule has 20 heteroatoms. The van der Waals surface area contributed by atoms with Crippen molar-refractivity contribution in [2.45, 2.75) is 24.9 Å². The molecule has 3 aromatic rings. The zero-order valence-electron chi connectivity index (χ0n) is 22.5. The summed E-state index contributed by atoms with van der Waals surface area (Å²) in [4.78, 5) is 28.5. The summed E-state index contributed by atoms with van der Waals surface area (Å²) in [5, 5.41) is 0.923. The second-order valence-electron chi connectivity index (χ2n) is 9.57. The van der Waals surface area contributed by atoms with E-state index in [1.807, 2.05) is 0 Å². The summed E-state index contributed by atoms with van der Waals surface area (Å²) in [5.41, 5.74) is 3.69. The Bertz CT molecular complexity index is 1570. The quantitative estimate of drug-likeness (QED) is 0.280. The van der Waals surface area contributed by atoms with Crippen molar-refractivity contribution < 1.29 is 63.7 Å². The molecule has 1 heterocycles. The van der Waals surface area contributed by atoms with Crippen molar-refractivity contribution >= 4 is 41.0 Å². The Morgan fingerprint density at radius 1 is 0.837 bits per heavy atom. The van der Waals surface area contributed by atoms with Gasteiger partial charge in [-0.15, -0.1) is 26.3 Å². The molecule has 0 radical (unpaired) electrons. The molecule has 0 atom stereocenters. The summed E-state index contributed by atoms with van der Waals surface area (Å²) < 4.78 is 126. The molecule has 0 aliphatic heterocycles. The molecule has 2 amide bonds. The predicted molar refractivity (Wildman–Crippen MR) is 141 cm³/mol. The number of carbonyl (C=O) groups excluding carboxylic acids is 2. The summed E-state index contributed by atoms with van der Waals surface area (Å²) in [6.45, 7) is 1.41. The van der Waals surface area contributed by atoms with Gasteiger partial charge in [0.2, 0.25) is 5.82 Å². The molecule has 0 aliphatic carbocycles. The van der Waals surface area contributed by atoms with Crippen LogP contribution in [0.5, 0.6) is 28.7 Å². The van der Waals surface area contributed by atoms with Gasteiger partial charge in [-0.25, -0.2) is 4.39 Å². The molecule has 0 saturated heterocycles. The lowest BCUT2D eigenvalue weighted by atomic mass is 9.52. The SMILES string of the molecule is BC(B)(B)Oc1c(Oc2ccc(OC(F)(F)F)c(F)c2C(=O)Nc2cc(C(N)=O)ncc2C)ccc(OC(F)(F)F)c1F. The Morgan fingerprint density at radius 2 is 1.35 bits per heavy atom. The normalized spacial score (nSPS) is 11.9. The maximum atomic E-state index is 15.4. The van der Waals surface area contributed by atoms with Crippen LogP contribution in [-0.2, 0) is 0 Å². The van der Waals surface area contributed by atoms with Gasteiger partial charge in [0.1, 0.15) is 40.5 Å². The first-order valence-electron chi connectivity index (χ1n) is 11.8. The molecule has 1 aromatic heterocycles. The third-order valence-corrected chi connectivity index (χ3v) is 5.00. The molecule has 0 aliphatic rings. The van der Waals surface area contributed by atoms with E-state index in [1.165, 1.54) is 30.5 Å². The first kappa shape index (κ1) is 32.9. The molecule has 43 heavy (non-hydrogen) atoms. The van der Waals surface area contributed by atoms with Crippen molar-refractivity contribution in [3.63, 3.8) is 0 Å². The van der Waals surface area contributed by atoms with Crippen LogP contribution >= 0.6 is 0 Å². The Labute approximate surface area is 239 Å². The first-order chi connectivity index (χ1) is 19.6. The zero-order chi connectivity index (χ0) is 32.5. The van der Waals surface area contributed by atoms with E-state index in [2.05, 4.69) is 19.8 Å². The Balaban J connectivity index is 2.17. The Hall–Kier alpha value is -4.64. The lowest BCUT2D eigenvalue weighted by Crippen LogP contribution is -2.38. The highest BCUT2D eigenvalue weighted by Crippen LogP contribution is 2.43. The van der Waals surface area contributed by atoms with E-state index in [0.717, 1.165) is 18.3 Å². The van der Waals surface area contributed by atoms with Crippen molar-refractivity contribution in [2.24, 2.45) is 5.73 Å². The number of rotatable bonds is 9. The Morgan fingerprint density at radius 3 is 1.86 bits per heavy atom. The summed E-state index contributed by atoms with van der Waals surface area (Å²) in [6, 6.07) is 3.34. The molecule has 0 saturated carbocycles. The fraction of sp³-hybridized carbons (Fsp3) is 0.174. The highest BCUT2D eigenvalue weighted by atomic mass is 19.4. The number of aryl methyl sites for hydroxylation is 1. The lowest BCUT2D eigenvalue weighted by Gasteiger charge is -2.25. The molecule has 0 fully saturated rings. The van der Waals surface area contributed by atoms with Crippen molar-refractivity contribution in [1.29, 1.82) is 0 Å². The number of pyridine rings is 1. The molecule has 3 N–H and O–H groups in total. The van der Waals surface area contributed by atoms with Crippen LogP contribution in [0, 0.1) is 18.6 Å². The second kappa shape index (κ2) is 11.9. The highest BCUT2D eigenvalue weighted by Gasteiger charge is 2.36. The van der Waals surface area contributed by atoms with E-state index >= 15 is 8.78 Å². The van der Waals surface area contributed by atoms with Crippen molar-refractivity contribution in [1.82, 2.24) is 4.98 Å². The topological polar surface area (TPSA) is 122 Å². The van der Waals surface area contributed by atoms with Crippen LogP contribution in [0.1, 0.15) is 26.4 Å². The van der Waals surface area contributed by atoms with Crippen molar-refractivity contribution in [3.8, 4) is 28.7 Å². The third kappa shape index (κ3) is 8.68. The zero-order valence-corrected chi connectivity index (χ0v) is 22.5. The number of hydrogen-bond acceptors (Lipinski definition) is 7. The average Bonchev–Trinajstić information content (AvgIpc) is 2.84. The molecular formula is C23H18B3F8N3O6. The molecular weight excluding hydrogens is 599 g/mol. The number of benzene rings is 2. The van der Waals surface area contributed by atoms with Gasteiger partial charge >= 0.3 is 12.7 Å². The van der Waals surface area contributed by atoms with Crippen LogP contribution in [0.15, 0.2) is 36.5 Å². The van der Waals surface area contributed by atoms with Crippen LogP contribution in [0.4, 0.5) is 40.8 Å². The number of hydrogen-bond donors (Lipinski definition) is 2. The van der Waals surface area contributed by atoms with Gasteiger partial charge in [0.15, 0.2) is 28.8 Å². The number of amides is 2. The number of alkyl halides is 6. The second-order valence-corrected chi connectivity index (χ2v) is 9.57. The minimum atomic E-state index is -5.39. The van der Waals surface area contributed by atoms with Crippen LogP contribution in [-0.4, -0.2) is 58.4 Å². The minimum Gasteiger partial charge on any atom is -0.508 e. The fourth-order valence-corrected chi connectivity index (χ4v) is 3.34. The number of nitrogens with one attached hydrogen (secondary N) is 1. The number of ether oxygens (including phenoxy) is 4. The summed E-state index contributed by atoms with van der Waals surface area (Å²) in [5.74, 6) is -11.3. The smallest absolute Gasteiger partial charge is 0.508 e. The number of primary amides is 1. The van der Waals surface area contributed by atoms with E-state index in [4.69, 9.17) is 15.2 Å². The van der Waals surface area contributed by atoms with Gasteiger partial charge in [-0.3, -0.25) is 14.6 Å². The molecule has 3 rings (SSSR count). The molecule has 226 valence electrons. The van der Waals surface area contributed by atoms with Gasteiger partial charge in [0, 0.05) is 17.2 Å². The molecule has 0 unspecified atom stereocenters. The van der Waals surface area contributed by atoms with Crippen molar-refractivity contribution in [3.05, 3.63) is 65.0 Å². The first-order valence-corrected chi connectivity index (χ1v) is 11.8. The molecule has 0 bridgehead atoms. The van der Waals surface area contributed by atoms with Crippen LogP contribution in [0.3, 0.4) is 0 Å². The van der Waals surface area contributed by atoms with Gasteiger partial charge in [-0.2, -0.15) is 4.39 Å². The van der Waals surface area contributed by atoms with Gasteiger partial charge in [0.05, 0.1) is 0 Å².